The van der Waals surface area contributed by atoms with Crippen LogP contribution in [0.5, 0.6) is 0 Å². The Morgan fingerprint density at radius 3 is 1.26 bits per heavy atom. The van der Waals surface area contributed by atoms with Gasteiger partial charge < -0.3 is 0 Å². The molecule has 3 aliphatic heterocycles. The van der Waals surface area contributed by atoms with Gasteiger partial charge in [0.2, 0.25) is 6.71 Å². The highest BCUT2D eigenvalue weighted by Gasteiger charge is 2.55. The maximum atomic E-state index is 2.69. The third kappa shape index (κ3) is 3.44. The Balaban J connectivity index is 1.24. The molecule has 0 spiro atoms. The summed E-state index contributed by atoms with van der Waals surface area (Å²) in [5.41, 5.74) is 16.5. The molecule has 0 fully saturated rings. The molecule has 0 saturated carbocycles. The molecule has 4 heteroatoms. The molecule has 10 rings (SSSR count). The minimum atomic E-state index is -2.00. The van der Waals surface area contributed by atoms with Crippen molar-refractivity contribution in [3.8, 4) is 33.4 Å². The maximum Gasteiger partial charge on any atom is 0.240 e. The van der Waals surface area contributed by atoms with E-state index in [0.29, 0.717) is 6.71 Å². The van der Waals surface area contributed by atoms with E-state index < -0.39 is 24.2 Å². The van der Waals surface area contributed by atoms with Crippen molar-refractivity contribution in [1.82, 2.24) is 0 Å². The predicted octanol–water partition coefficient (Wildman–Crippen LogP) is 4.52. The highest BCUT2D eigenvalue weighted by atomic mass is 28.3. The molecule has 0 amide bonds. The molecule has 0 saturated heterocycles. The zero-order valence-corrected chi connectivity index (χ0v) is 31.3. The third-order valence-corrected chi connectivity index (χ3v) is 23.3. The number of hydrogen-bond donors (Lipinski definition) is 0. The van der Waals surface area contributed by atoms with Crippen LogP contribution in [0.3, 0.4) is 0 Å². The van der Waals surface area contributed by atoms with Gasteiger partial charge in [0.05, 0.1) is 0 Å². The van der Waals surface area contributed by atoms with E-state index in [0.717, 1.165) is 6.42 Å². The molecule has 0 nitrogen and oxygen atoms in total. The molecule has 0 unspecified atom stereocenters. The molecule has 47 heavy (non-hydrogen) atoms. The zero-order chi connectivity index (χ0) is 32.0. The van der Waals surface area contributed by atoms with Gasteiger partial charge in [-0.1, -0.05) is 202 Å². The second-order valence-electron chi connectivity index (χ2n) is 16.0. The average Bonchev–Trinajstić information content (AvgIpc) is 3.47. The highest BCUT2D eigenvalue weighted by Crippen LogP contribution is 2.45. The monoisotopic (exact) mass is 650 g/mol. The lowest BCUT2D eigenvalue weighted by molar-refractivity contribution is 1.26. The number of rotatable bonds is 2. The fraction of sp³-hybridized carbons (Fsp3) is 0.163. The van der Waals surface area contributed by atoms with Crippen molar-refractivity contribution in [3.63, 3.8) is 0 Å². The van der Waals surface area contributed by atoms with Crippen molar-refractivity contribution < 1.29 is 0 Å². The van der Waals surface area contributed by atoms with Crippen LogP contribution in [0.15, 0.2) is 115 Å². The lowest BCUT2D eigenvalue weighted by Gasteiger charge is -2.51. The van der Waals surface area contributed by atoms with Crippen molar-refractivity contribution in [3.05, 3.63) is 126 Å². The van der Waals surface area contributed by atoms with E-state index in [-0.39, 0.29) is 0 Å². The van der Waals surface area contributed by atoms with Crippen LogP contribution in [0.1, 0.15) is 11.1 Å². The summed E-state index contributed by atoms with van der Waals surface area (Å²) in [5, 5.41) is 10.2. The Hall–Kier alpha value is -3.96. The first-order chi connectivity index (χ1) is 22.6. The Bertz CT molecular complexity index is 2280. The maximum absolute atomic E-state index is 2.69. The quantitative estimate of drug-likeness (QED) is 0.242. The van der Waals surface area contributed by atoms with Gasteiger partial charge in [0.1, 0.15) is 24.2 Å². The molecular formula is C43H39BSi3. The van der Waals surface area contributed by atoms with Crippen LogP contribution < -0.4 is 47.5 Å². The van der Waals surface area contributed by atoms with Crippen LogP contribution in [0.2, 0.25) is 39.3 Å². The third-order valence-electron chi connectivity index (χ3n) is 12.7. The zero-order valence-electron chi connectivity index (χ0n) is 28.3. The molecule has 226 valence electrons. The Morgan fingerprint density at radius 2 is 0.766 bits per heavy atom. The van der Waals surface area contributed by atoms with Crippen LogP contribution in [0.25, 0.3) is 33.4 Å². The van der Waals surface area contributed by atoms with Gasteiger partial charge in [0.15, 0.2) is 0 Å². The highest BCUT2D eigenvalue weighted by molar-refractivity contribution is 7.26. The van der Waals surface area contributed by atoms with E-state index in [2.05, 4.69) is 155 Å². The van der Waals surface area contributed by atoms with Crippen LogP contribution in [-0.4, -0.2) is 30.9 Å². The van der Waals surface area contributed by atoms with E-state index in [4.69, 9.17) is 0 Å². The van der Waals surface area contributed by atoms with E-state index in [1.54, 1.807) is 47.5 Å². The summed E-state index contributed by atoms with van der Waals surface area (Å²) in [7, 11) is -5.82. The molecule has 3 heterocycles. The van der Waals surface area contributed by atoms with Gasteiger partial charge in [0, 0.05) is 0 Å². The van der Waals surface area contributed by atoms with Gasteiger partial charge in [0.25, 0.3) is 0 Å². The standard InChI is InChI=1S/C43H39BSi3/c1-45(2)35-20-12-22-37-41(35)44-42-36(45)21-13-23-38(42)47(5,6)40-25-28(24-39(43(40)44)46(37,3)4)30-17-11-19-32-31-18-10-16-29(33(31)26-34(30)32)27-14-8-7-9-15-27/h7-25H,26H2,1-6H3. The van der Waals surface area contributed by atoms with Crippen molar-refractivity contribution in [2.24, 2.45) is 0 Å². The molecule has 0 N–H and O–H groups in total. The minimum Gasteiger partial charge on any atom is -0.0693 e. The first-order valence-electron chi connectivity index (χ1n) is 17.4. The summed E-state index contributed by atoms with van der Waals surface area (Å²) in [6.45, 7) is 16.2. The summed E-state index contributed by atoms with van der Waals surface area (Å²) in [5.74, 6) is 0. The normalized spacial score (nSPS) is 17.5. The van der Waals surface area contributed by atoms with Gasteiger partial charge in [-0.05, 0) is 50.9 Å². The Kier molecular flexibility index (Phi) is 5.46. The average molecular weight is 651 g/mol. The molecule has 6 aromatic rings. The lowest BCUT2D eigenvalue weighted by Crippen LogP contribution is -2.93. The van der Waals surface area contributed by atoms with E-state index >= 15 is 0 Å². The molecule has 0 bridgehead atoms. The fourth-order valence-electron chi connectivity index (χ4n) is 10.3. The first kappa shape index (κ1) is 28.1. The van der Waals surface area contributed by atoms with Crippen LogP contribution in [0, 0.1) is 0 Å². The van der Waals surface area contributed by atoms with Gasteiger partial charge >= 0.3 is 0 Å². The number of fused-ring (bicyclic) bond motifs is 3. The Morgan fingerprint density at radius 1 is 0.383 bits per heavy atom. The molecule has 1 aliphatic carbocycles. The van der Waals surface area contributed by atoms with Crippen molar-refractivity contribution in [2.75, 3.05) is 0 Å². The second-order valence-corrected chi connectivity index (χ2v) is 29.0. The molecule has 0 aromatic heterocycles. The number of hydrogen-bond acceptors (Lipinski definition) is 0. The minimum absolute atomic E-state index is 0.396. The molecule has 4 aliphatic rings. The van der Waals surface area contributed by atoms with E-state index in [9.17, 15) is 0 Å². The Labute approximate surface area is 282 Å². The summed E-state index contributed by atoms with van der Waals surface area (Å²) in [6, 6.07) is 45.2. The fourth-order valence-corrected chi connectivity index (χ4v) is 20.4. The topological polar surface area (TPSA) is 0 Å². The molecule has 0 radical (unpaired) electrons. The lowest BCUT2D eigenvalue weighted by atomic mass is 9.36. The predicted molar refractivity (Wildman–Crippen MR) is 213 cm³/mol. The van der Waals surface area contributed by atoms with Gasteiger partial charge in [-0.2, -0.15) is 0 Å². The van der Waals surface area contributed by atoms with E-state index in [1.807, 2.05) is 0 Å². The second kappa shape index (κ2) is 9.13. The summed E-state index contributed by atoms with van der Waals surface area (Å²) in [6.07, 6.45) is 0.987. The molecular weight excluding hydrogens is 612 g/mol. The van der Waals surface area contributed by atoms with Crippen molar-refractivity contribution in [2.45, 2.75) is 45.7 Å². The van der Waals surface area contributed by atoms with Gasteiger partial charge in [-0.15, -0.1) is 0 Å². The SMILES string of the molecule is C[Si]1(C)c2cccc3c2B2c4c1cccc4[Si](C)(C)c1cc(-c4cccc5c4Cc4c(-c6ccccc6)cccc4-5)cc(c12)[Si]3(C)C. The number of benzene rings is 6. The van der Waals surface area contributed by atoms with Gasteiger partial charge in [-0.3, -0.25) is 0 Å². The van der Waals surface area contributed by atoms with E-state index in [1.165, 1.54) is 44.5 Å². The van der Waals surface area contributed by atoms with Crippen molar-refractivity contribution >= 4 is 78.4 Å². The smallest absolute Gasteiger partial charge is 0.0693 e. The van der Waals surface area contributed by atoms with Crippen molar-refractivity contribution in [1.29, 1.82) is 0 Å². The van der Waals surface area contributed by atoms with Crippen LogP contribution in [0.4, 0.5) is 0 Å². The summed E-state index contributed by atoms with van der Waals surface area (Å²) >= 11 is 0. The first-order valence-corrected chi connectivity index (χ1v) is 26.4. The summed E-state index contributed by atoms with van der Waals surface area (Å²) < 4.78 is 0. The molecule has 0 atom stereocenters. The van der Waals surface area contributed by atoms with Crippen LogP contribution in [-0.2, 0) is 6.42 Å². The summed E-state index contributed by atoms with van der Waals surface area (Å²) in [4.78, 5) is 0. The van der Waals surface area contributed by atoms with Gasteiger partial charge in [-0.25, -0.2) is 0 Å². The largest absolute Gasteiger partial charge is 0.240 e. The van der Waals surface area contributed by atoms with Crippen LogP contribution >= 0.6 is 0 Å². The molecule has 6 aromatic carbocycles.